The van der Waals surface area contributed by atoms with E-state index in [1.165, 1.54) is 11.8 Å². The fourth-order valence-electron chi connectivity index (χ4n) is 1.25. The van der Waals surface area contributed by atoms with Crippen LogP contribution < -0.4 is 0 Å². The van der Waals surface area contributed by atoms with Crippen molar-refractivity contribution in [2.75, 3.05) is 6.26 Å². The van der Waals surface area contributed by atoms with Crippen molar-refractivity contribution in [2.24, 2.45) is 0 Å². The van der Waals surface area contributed by atoms with E-state index in [1.54, 1.807) is 6.07 Å². The maximum absolute atomic E-state index is 11.4. The Labute approximate surface area is 92.5 Å². The summed E-state index contributed by atoms with van der Waals surface area (Å²) in [4.78, 5) is 22.7. The average Bonchev–Trinajstić information content (AvgIpc) is 2.20. The molecule has 0 unspecified atom stereocenters. The Morgan fingerprint density at radius 3 is 2.20 bits per heavy atom. The van der Waals surface area contributed by atoms with Crippen molar-refractivity contribution < 1.29 is 14.7 Å². The molecule has 3 nitrogen and oxygen atoms in total. The molecule has 0 heterocycles. The Morgan fingerprint density at radius 1 is 1.20 bits per heavy atom. The Bertz CT molecular complexity index is 424. The molecule has 0 spiro atoms. The van der Waals surface area contributed by atoms with E-state index in [2.05, 4.69) is 0 Å². The first-order valence-corrected chi connectivity index (χ1v) is 5.62. The maximum Gasteiger partial charge on any atom is 0.377 e. The van der Waals surface area contributed by atoms with E-state index in [0.29, 0.717) is 4.90 Å². The minimum atomic E-state index is -1.41. The van der Waals surface area contributed by atoms with Crippen LogP contribution in [-0.2, 0) is 4.79 Å². The zero-order valence-electron chi connectivity index (χ0n) is 8.83. The molecule has 0 amide bonds. The van der Waals surface area contributed by atoms with Crippen LogP contribution in [0.3, 0.4) is 0 Å². The summed E-state index contributed by atoms with van der Waals surface area (Å²) in [6, 6.07) is 3.48. The molecule has 0 aliphatic heterocycles. The van der Waals surface area contributed by atoms with E-state index in [-0.39, 0.29) is 5.56 Å². The van der Waals surface area contributed by atoms with Crippen LogP contribution in [0.1, 0.15) is 21.5 Å². The summed E-state index contributed by atoms with van der Waals surface area (Å²) >= 11 is 1.38. The summed E-state index contributed by atoms with van der Waals surface area (Å²) in [6.07, 6.45) is 1.82. The van der Waals surface area contributed by atoms with Crippen molar-refractivity contribution in [2.45, 2.75) is 18.7 Å². The van der Waals surface area contributed by atoms with Gasteiger partial charge in [0.2, 0.25) is 0 Å². The van der Waals surface area contributed by atoms with Gasteiger partial charge in [-0.2, -0.15) is 0 Å². The normalized spacial score (nSPS) is 10.1. The predicted octanol–water partition coefficient (Wildman–Crippen LogP) is 2.29. The number of aliphatic carboxylic acids is 1. The van der Waals surface area contributed by atoms with Gasteiger partial charge in [-0.25, -0.2) is 4.79 Å². The van der Waals surface area contributed by atoms with Gasteiger partial charge in [-0.1, -0.05) is 0 Å². The third kappa shape index (κ3) is 2.39. The molecule has 0 bridgehead atoms. The third-order valence-electron chi connectivity index (χ3n) is 2.25. The lowest BCUT2D eigenvalue weighted by Gasteiger charge is -2.08. The number of carbonyl (C=O) groups is 2. The Hall–Kier alpha value is -1.29. The number of hydrogen-bond acceptors (Lipinski definition) is 3. The first-order valence-electron chi connectivity index (χ1n) is 4.40. The highest BCUT2D eigenvalue weighted by Gasteiger charge is 2.18. The summed E-state index contributed by atoms with van der Waals surface area (Å²) < 4.78 is 0. The van der Waals surface area contributed by atoms with Crippen molar-refractivity contribution in [1.82, 2.24) is 0 Å². The molecule has 1 aromatic rings. The van der Waals surface area contributed by atoms with E-state index in [1.807, 2.05) is 26.2 Å². The smallest absolute Gasteiger partial charge is 0.377 e. The zero-order chi connectivity index (χ0) is 11.6. The van der Waals surface area contributed by atoms with Gasteiger partial charge in [0, 0.05) is 10.5 Å². The van der Waals surface area contributed by atoms with Crippen LogP contribution in [0.2, 0.25) is 0 Å². The van der Waals surface area contributed by atoms with Crippen LogP contribution in [-0.4, -0.2) is 23.1 Å². The molecule has 4 heteroatoms. The van der Waals surface area contributed by atoms with Gasteiger partial charge in [0.1, 0.15) is 0 Å². The van der Waals surface area contributed by atoms with Gasteiger partial charge >= 0.3 is 5.97 Å². The van der Waals surface area contributed by atoms with Crippen molar-refractivity contribution >= 4 is 23.5 Å². The van der Waals surface area contributed by atoms with E-state index >= 15 is 0 Å². The topological polar surface area (TPSA) is 54.4 Å². The lowest BCUT2D eigenvalue weighted by atomic mass is 10.0. The van der Waals surface area contributed by atoms with E-state index in [0.717, 1.165) is 11.1 Å². The number of carboxylic acids is 1. The summed E-state index contributed by atoms with van der Waals surface area (Å²) in [7, 11) is 0. The lowest BCUT2D eigenvalue weighted by Crippen LogP contribution is -2.14. The molecule has 0 saturated heterocycles. The Balaban J connectivity index is 3.34. The van der Waals surface area contributed by atoms with Crippen LogP contribution >= 0.6 is 11.8 Å². The second-order valence-corrected chi connectivity index (χ2v) is 4.12. The Morgan fingerprint density at radius 2 is 1.73 bits per heavy atom. The van der Waals surface area contributed by atoms with Crippen molar-refractivity contribution in [1.29, 1.82) is 0 Å². The summed E-state index contributed by atoms with van der Waals surface area (Å²) in [6.45, 7) is 3.79. The summed E-state index contributed by atoms with van der Waals surface area (Å²) in [5, 5.41) is 8.66. The summed E-state index contributed by atoms with van der Waals surface area (Å²) in [5.41, 5.74) is 2.26. The van der Waals surface area contributed by atoms with Crippen LogP contribution in [0, 0.1) is 13.8 Å². The molecule has 0 atom stereocenters. The minimum absolute atomic E-state index is 0.276. The standard InChI is InChI=1S/C11H12O3S/c1-6-4-8(10(12)11(13)14)9(15-3)5-7(6)2/h4-5H,1-3H3,(H,13,14). The Kier molecular flexibility index (Phi) is 3.52. The van der Waals surface area contributed by atoms with Gasteiger partial charge in [-0.15, -0.1) is 11.8 Å². The van der Waals surface area contributed by atoms with Crippen molar-refractivity contribution in [3.8, 4) is 0 Å². The minimum Gasteiger partial charge on any atom is -0.475 e. The molecule has 0 aliphatic carbocycles. The number of Topliss-reactive ketones (excluding diaryl/α,β-unsaturated/α-hetero) is 1. The van der Waals surface area contributed by atoms with Crippen LogP contribution in [0.25, 0.3) is 0 Å². The summed E-state index contributed by atoms with van der Waals surface area (Å²) in [5.74, 6) is -2.25. The molecule has 15 heavy (non-hydrogen) atoms. The molecule has 1 aromatic carbocycles. The van der Waals surface area contributed by atoms with E-state index in [4.69, 9.17) is 5.11 Å². The van der Waals surface area contributed by atoms with Gasteiger partial charge in [0.15, 0.2) is 0 Å². The van der Waals surface area contributed by atoms with Gasteiger partial charge in [-0.05, 0) is 43.4 Å². The number of thioether (sulfide) groups is 1. The van der Waals surface area contributed by atoms with Crippen molar-refractivity contribution in [3.63, 3.8) is 0 Å². The number of ketones is 1. The molecule has 1 rings (SSSR count). The first kappa shape index (κ1) is 11.8. The van der Waals surface area contributed by atoms with Gasteiger partial charge in [-0.3, -0.25) is 4.79 Å². The SMILES string of the molecule is CSc1cc(C)c(C)cc1C(=O)C(=O)O. The number of benzene rings is 1. The van der Waals surface area contributed by atoms with Gasteiger partial charge in [0.25, 0.3) is 5.78 Å². The molecule has 0 radical (unpaired) electrons. The second-order valence-electron chi connectivity index (χ2n) is 3.27. The van der Waals surface area contributed by atoms with Gasteiger partial charge in [0.05, 0.1) is 0 Å². The predicted molar refractivity (Wildman–Crippen MR) is 59.7 cm³/mol. The number of aryl methyl sites for hydroxylation is 2. The van der Waals surface area contributed by atoms with E-state index < -0.39 is 11.8 Å². The zero-order valence-corrected chi connectivity index (χ0v) is 9.64. The number of carbonyl (C=O) groups excluding carboxylic acids is 1. The monoisotopic (exact) mass is 224 g/mol. The molecule has 1 N–H and O–H groups in total. The fourth-order valence-corrected chi connectivity index (χ4v) is 1.92. The lowest BCUT2D eigenvalue weighted by molar-refractivity contribution is -0.131. The van der Waals surface area contributed by atoms with Crippen LogP contribution in [0.4, 0.5) is 0 Å². The van der Waals surface area contributed by atoms with Crippen molar-refractivity contribution in [3.05, 3.63) is 28.8 Å². The number of carboxylic acid groups (broad SMARTS) is 1. The molecular formula is C11H12O3S. The van der Waals surface area contributed by atoms with Crippen LogP contribution in [0.5, 0.6) is 0 Å². The average molecular weight is 224 g/mol. The third-order valence-corrected chi connectivity index (χ3v) is 3.03. The highest BCUT2D eigenvalue weighted by molar-refractivity contribution is 7.98. The largest absolute Gasteiger partial charge is 0.475 e. The highest BCUT2D eigenvalue weighted by Crippen LogP contribution is 2.24. The fraction of sp³-hybridized carbons (Fsp3) is 0.273. The van der Waals surface area contributed by atoms with Gasteiger partial charge < -0.3 is 5.11 Å². The number of rotatable bonds is 3. The van der Waals surface area contributed by atoms with E-state index in [9.17, 15) is 9.59 Å². The number of hydrogen-bond donors (Lipinski definition) is 1. The van der Waals surface area contributed by atoms with Crippen LogP contribution in [0.15, 0.2) is 17.0 Å². The first-order chi connectivity index (χ1) is 6.97. The highest BCUT2D eigenvalue weighted by atomic mass is 32.2. The molecular weight excluding hydrogens is 212 g/mol. The molecule has 80 valence electrons. The molecule has 0 aromatic heterocycles. The quantitative estimate of drug-likeness (QED) is 0.486. The second kappa shape index (κ2) is 4.49. The molecule has 0 saturated carbocycles. The molecule has 0 aliphatic rings. The molecule has 0 fully saturated rings. The maximum atomic E-state index is 11.4.